The van der Waals surface area contributed by atoms with Gasteiger partial charge in [-0.15, -0.1) is 34.0 Å². The van der Waals surface area contributed by atoms with Gasteiger partial charge in [0.05, 0.1) is 25.2 Å². The summed E-state index contributed by atoms with van der Waals surface area (Å²) in [7, 11) is 6.06. The highest BCUT2D eigenvalue weighted by Crippen LogP contribution is 2.46. The van der Waals surface area contributed by atoms with E-state index in [4.69, 9.17) is 11.6 Å². The van der Waals surface area contributed by atoms with Crippen LogP contribution in [-0.4, -0.2) is 97.4 Å². The highest BCUT2D eigenvalue weighted by molar-refractivity contribution is 7.15. The molecule has 0 amide bonds. The van der Waals surface area contributed by atoms with E-state index in [1.54, 1.807) is 40.2 Å². The van der Waals surface area contributed by atoms with Crippen molar-refractivity contribution in [1.29, 1.82) is 0 Å². The average Bonchev–Trinajstić information content (AvgIpc) is 4.35. The molecule has 12 radical (unpaired) electrons. The van der Waals surface area contributed by atoms with E-state index in [0.29, 0.717) is 0 Å². The predicted octanol–water partition coefficient (Wildman–Crippen LogP) is 14.9. The summed E-state index contributed by atoms with van der Waals surface area (Å²) in [5.41, 5.74) is 12.5. The minimum atomic E-state index is -0.679. The first kappa shape index (κ1) is 71.2. The Labute approximate surface area is 504 Å². The number of thiazole rings is 3. The number of fused-ring (bicyclic) bond motifs is 4. The summed E-state index contributed by atoms with van der Waals surface area (Å²) in [6.07, 6.45) is 18.4. The average molecular weight is 1160 g/mol. The van der Waals surface area contributed by atoms with Gasteiger partial charge in [-0.25, -0.2) is 29.9 Å². The maximum atomic E-state index is 10.4. The van der Waals surface area contributed by atoms with Crippen molar-refractivity contribution in [2.45, 2.75) is 133 Å². The molecule has 420 valence electrons. The van der Waals surface area contributed by atoms with Crippen LogP contribution in [0.4, 0.5) is 0 Å². The molecule has 11 aromatic rings. The fourth-order valence-electron chi connectivity index (χ4n) is 8.83. The molecule has 0 unspecified atom stereocenters. The van der Waals surface area contributed by atoms with Gasteiger partial charge in [0, 0.05) is 159 Å². The summed E-state index contributed by atoms with van der Waals surface area (Å²) >= 11 is 10.8. The molecule has 0 bridgehead atoms. The highest BCUT2D eigenvalue weighted by Gasteiger charge is 2.40. The zero-order valence-electron chi connectivity index (χ0n) is 49.8. The minimum absolute atomic E-state index is 0. The van der Waals surface area contributed by atoms with Crippen molar-refractivity contribution in [3.8, 4) is 31.3 Å². The summed E-state index contributed by atoms with van der Waals surface area (Å²) < 4.78 is 6.24. The quantitative estimate of drug-likeness (QED) is 0.142. The Morgan fingerprint density at radius 3 is 1.27 bits per heavy atom. The topological polar surface area (TPSA) is 161 Å². The molecule has 13 nitrogen and oxygen atoms in total. The first-order valence-corrected chi connectivity index (χ1v) is 29.7. The number of aryl methyl sites for hydroxylation is 7. The molecule has 3 N–H and O–H groups in total. The normalized spacial score (nSPS) is 12.8. The lowest BCUT2D eigenvalue weighted by Crippen LogP contribution is -2.33. The molecule has 0 aromatic carbocycles. The summed E-state index contributed by atoms with van der Waals surface area (Å²) in [5, 5.41) is 27.8. The Hall–Kier alpha value is -5.88. The van der Waals surface area contributed by atoms with Crippen LogP contribution in [0.1, 0.15) is 127 Å². The lowest BCUT2D eigenvalue weighted by molar-refractivity contribution is -0.0392. The number of pyridine rings is 4. The Balaban J connectivity index is 0.000000353. The third-order valence-corrected chi connectivity index (χ3v) is 17.1. The molecule has 81 heavy (non-hydrogen) atoms. The fourth-order valence-corrected chi connectivity index (χ4v) is 11.9. The zero-order valence-corrected chi connectivity index (χ0v) is 53.0. The number of aromatic nitrogens is 11. The molecule has 21 heteroatoms. The largest absolute Gasteiger partial charge is 0.383 e. The number of aromatic amines is 1. The van der Waals surface area contributed by atoms with Gasteiger partial charge in [0.2, 0.25) is 0 Å². The second-order valence-corrected chi connectivity index (χ2v) is 21.4. The van der Waals surface area contributed by atoms with Crippen LogP contribution >= 0.6 is 45.6 Å². The van der Waals surface area contributed by atoms with Gasteiger partial charge < -0.3 is 28.9 Å². The molecule has 2 saturated carbocycles. The Morgan fingerprint density at radius 2 is 0.877 bits per heavy atom. The molecule has 13 rings (SSSR count). The first-order chi connectivity index (χ1) is 37.2. The Morgan fingerprint density at radius 1 is 0.494 bits per heavy atom. The molecular formula is C60H76B4ClN11O2S3. The minimum Gasteiger partial charge on any atom is -0.383 e. The third-order valence-electron chi connectivity index (χ3n) is 13.5. The Bertz CT molecular complexity index is 3650. The standard InChI is InChI=1S/C16H17N3OS.C15H15N3OS.C12H11N3S.C9H9ClN2.4C2H6.4B/c1-10-8-12-11(4-7-17-14(12)19(10)2)13-9-18-15(21-13)16(20)5-3-6-16;1-9-7-11-10(3-6-16-13(11)18-9)12-8-17-14(20-12)15(19)4-2-5-15;1-8-5-10-9(11-6-13-7-16-11)3-4-14-12(10)15(8)2;1-6-5-7-8(10)3-4-11-9(7)12(6)2;4*1-2;;;;/h4,7-9,20H,3,5-6H2,1-2H3;3,6-8,19H,2,4-5H2,1H3,(H,16,18);3-7H,1-2H3;3-5H,1-2H3;4*1-2H3;;;;. The molecule has 0 spiro atoms. The fraction of sp³-hybridized carbons (Fsp3) is 0.383. The molecule has 2 aliphatic rings. The van der Waals surface area contributed by atoms with Crippen LogP contribution in [0.15, 0.2) is 97.4 Å². The number of aliphatic hydroxyl groups is 2. The number of hydrogen-bond donors (Lipinski definition) is 3. The van der Waals surface area contributed by atoms with E-state index in [1.165, 1.54) is 32.9 Å². The van der Waals surface area contributed by atoms with E-state index in [-0.39, 0.29) is 33.7 Å². The van der Waals surface area contributed by atoms with Gasteiger partial charge >= 0.3 is 0 Å². The molecule has 11 heterocycles. The Kier molecular flexibility index (Phi) is 28.2. The number of rotatable bonds is 5. The summed E-state index contributed by atoms with van der Waals surface area (Å²) in [6, 6.07) is 16.4. The number of hydrogen-bond acceptors (Lipinski definition) is 12. The van der Waals surface area contributed by atoms with Crippen molar-refractivity contribution in [3.05, 3.63) is 135 Å². The van der Waals surface area contributed by atoms with Crippen LogP contribution in [0.25, 0.3) is 75.5 Å². The van der Waals surface area contributed by atoms with Crippen molar-refractivity contribution in [1.82, 2.24) is 53.6 Å². The van der Waals surface area contributed by atoms with Crippen LogP contribution in [0.3, 0.4) is 0 Å². The monoisotopic (exact) mass is 1160 g/mol. The van der Waals surface area contributed by atoms with E-state index in [2.05, 4.69) is 87.1 Å². The summed E-state index contributed by atoms with van der Waals surface area (Å²) in [5.74, 6) is 0. The number of H-pyrrole nitrogens is 1. The van der Waals surface area contributed by atoms with E-state index < -0.39 is 11.2 Å². The molecular weight excluding hydrogens is 1080 g/mol. The molecule has 0 aliphatic heterocycles. The van der Waals surface area contributed by atoms with Crippen molar-refractivity contribution >= 4 is 123 Å². The van der Waals surface area contributed by atoms with E-state index >= 15 is 0 Å². The van der Waals surface area contributed by atoms with Gasteiger partial charge in [-0.05, 0) is 115 Å². The van der Waals surface area contributed by atoms with Gasteiger partial charge in [-0.3, -0.25) is 4.98 Å². The van der Waals surface area contributed by atoms with Crippen molar-refractivity contribution < 1.29 is 10.2 Å². The van der Waals surface area contributed by atoms with Gasteiger partial charge in [-0.2, -0.15) is 0 Å². The van der Waals surface area contributed by atoms with Crippen LogP contribution in [0.5, 0.6) is 0 Å². The second kappa shape index (κ2) is 32.1. The van der Waals surface area contributed by atoms with Crippen molar-refractivity contribution in [2.24, 2.45) is 21.1 Å². The highest BCUT2D eigenvalue weighted by atomic mass is 35.5. The first-order valence-electron chi connectivity index (χ1n) is 26.8. The summed E-state index contributed by atoms with van der Waals surface area (Å²) in [4.78, 5) is 37.1. The van der Waals surface area contributed by atoms with Crippen LogP contribution < -0.4 is 0 Å². The zero-order chi connectivity index (χ0) is 56.2. The SMILES string of the molecule is CC.CC.CC.CC.Cc1cc2c(-c3cnc(C4(O)CCC4)s3)ccnc2[nH]1.Cc1cc2c(-c3cnc(C4(O)CCC4)s3)ccnc2n1C.Cc1cc2c(-c3cncs3)ccnc2n1C.Cc1cc2c(Cl)ccnc2n1C.[B].[B].[B].[B]. The van der Waals surface area contributed by atoms with Gasteiger partial charge in [0.25, 0.3) is 0 Å². The van der Waals surface area contributed by atoms with Crippen LogP contribution in [0, 0.1) is 27.7 Å². The lowest BCUT2D eigenvalue weighted by atomic mass is 9.81. The number of nitrogens with zero attached hydrogens (tertiary/aromatic N) is 10. The van der Waals surface area contributed by atoms with Gasteiger partial charge in [0.15, 0.2) is 0 Å². The van der Waals surface area contributed by atoms with E-state index in [0.717, 1.165) is 119 Å². The van der Waals surface area contributed by atoms with Crippen LogP contribution in [0.2, 0.25) is 5.02 Å². The molecule has 2 aliphatic carbocycles. The summed E-state index contributed by atoms with van der Waals surface area (Å²) in [6.45, 7) is 24.2. The molecule has 0 saturated heterocycles. The third kappa shape index (κ3) is 15.2. The van der Waals surface area contributed by atoms with Crippen molar-refractivity contribution in [2.75, 3.05) is 0 Å². The maximum Gasteiger partial charge on any atom is 0.141 e. The van der Waals surface area contributed by atoms with Gasteiger partial charge in [-0.1, -0.05) is 67.0 Å². The predicted molar refractivity (Wildman–Crippen MR) is 349 cm³/mol. The maximum absolute atomic E-state index is 10.4. The number of halogens is 1. The molecule has 0 atom stereocenters. The molecule has 11 aromatic heterocycles. The molecule has 2 fully saturated rings. The number of nitrogens with one attached hydrogen (secondary N) is 1. The van der Waals surface area contributed by atoms with E-state index in [1.807, 2.05) is 162 Å². The van der Waals surface area contributed by atoms with Crippen molar-refractivity contribution in [3.63, 3.8) is 0 Å². The second-order valence-electron chi connectivity index (χ2n) is 18.0. The van der Waals surface area contributed by atoms with Gasteiger partial charge in [0.1, 0.15) is 43.8 Å². The lowest BCUT2D eigenvalue weighted by Gasteiger charge is -2.34. The van der Waals surface area contributed by atoms with Crippen LogP contribution in [-0.2, 0) is 32.3 Å². The smallest absolute Gasteiger partial charge is 0.141 e. The van der Waals surface area contributed by atoms with E-state index in [9.17, 15) is 10.2 Å².